The topological polar surface area (TPSA) is 126 Å². The number of anilines is 1. The number of aromatic nitrogens is 1. The highest BCUT2D eigenvalue weighted by atomic mass is 16.2. The highest BCUT2D eigenvalue weighted by molar-refractivity contribution is 6.13. The molecule has 0 spiro atoms. The molecule has 0 radical (unpaired) electrons. The molecule has 1 aliphatic rings. The Bertz CT molecular complexity index is 1070. The number of fused-ring (bicyclic) bond motifs is 1. The van der Waals surface area contributed by atoms with Crippen molar-refractivity contribution in [2.24, 2.45) is 11.5 Å². The van der Waals surface area contributed by atoms with Crippen LogP contribution >= 0.6 is 0 Å². The molecule has 0 saturated heterocycles. The zero-order valence-corrected chi connectivity index (χ0v) is 16.1. The maximum atomic E-state index is 11.9. The predicted octanol–water partition coefficient (Wildman–Crippen LogP) is 3.46. The average Bonchev–Trinajstić information content (AvgIpc) is 3.32. The smallest absolute Gasteiger partial charge is 0.317 e. The van der Waals surface area contributed by atoms with E-state index in [9.17, 15) is 9.59 Å². The second-order valence-corrected chi connectivity index (χ2v) is 7.55. The molecule has 7 heteroatoms. The molecule has 7 nitrogen and oxygen atoms in total. The van der Waals surface area contributed by atoms with Gasteiger partial charge in [-0.2, -0.15) is 0 Å². The van der Waals surface area contributed by atoms with Crippen LogP contribution in [0.2, 0.25) is 0 Å². The molecule has 1 fully saturated rings. The van der Waals surface area contributed by atoms with Gasteiger partial charge < -0.3 is 21.8 Å². The molecule has 0 aliphatic heterocycles. The summed E-state index contributed by atoms with van der Waals surface area (Å²) < 4.78 is 0. The first-order chi connectivity index (χ1) is 14.0. The number of hydrogen-bond donors (Lipinski definition) is 5. The number of primary amides is 2. The average molecular weight is 391 g/mol. The standard InChI is InChI=1S/C22H25N5O2/c23-20(28)19-17-9-8-15(11-18(17)26-21(19)27-22(24)29)14-5-3-4-13(10-14)12-25-16-6-1-2-7-16/h3-5,8-11,16,25-26H,1-2,6-7,12H2,(H2,23,28)(H3,24,27,29). The maximum absolute atomic E-state index is 11.9. The Morgan fingerprint density at radius 2 is 1.79 bits per heavy atom. The second-order valence-electron chi connectivity index (χ2n) is 7.55. The van der Waals surface area contributed by atoms with Crippen molar-refractivity contribution in [1.29, 1.82) is 0 Å². The maximum Gasteiger partial charge on any atom is 0.317 e. The number of nitrogens with one attached hydrogen (secondary N) is 3. The summed E-state index contributed by atoms with van der Waals surface area (Å²) in [4.78, 5) is 26.1. The molecule has 1 saturated carbocycles. The van der Waals surface area contributed by atoms with Crippen molar-refractivity contribution < 1.29 is 9.59 Å². The predicted molar refractivity (Wildman–Crippen MR) is 115 cm³/mol. The molecule has 4 rings (SSSR count). The Balaban J connectivity index is 1.63. The summed E-state index contributed by atoms with van der Waals surface area (Å²) in [5.74, 6) is -0.417. The van der Waals surface area contributed by atoms with Crippen LogP contribution in [0.25, 0.3) is 22.0 Å². The van der Waals surface area contributed by atoms with Gasteiger partial charge in [0.15, 0.2) is 0 Å². The molecular formula is C22H25N5O2. The van der Waals surface area contributed by atoms with Gasteiger partial charge in [0.05, 0.1) is 5.56 Å². The van der Waals surface area contributed by atoms with Crippen LogP contribution in [0.5, 0.6) is 0 Å². The first-order valence-corrected chi connectivity index (χ1v) is 9.86. The van der Waals surface area contributed by atoms with Gasteiger partial charge >= 0.3 is 6.03 Å². The molecule has 0 unspecified atom stereocenters. The van der Waals surface area contributed by atoms with Crippen molar-refractivity contribution in [1.82, 2.24) is 10.3 Å². The van der Waals surface area contributed by atoms with Gasteiger partial charge in [-0.05, 0) is 41.7 Å². The Morgan fingerprint density at radius 1 is 1.03 bits per heavy atom. The number of H-pyrrole nitrogens is 1. The van der Waals surface area contributed by atoms with E-state index in [-0.39, 0.29) is 11.4 Å². The van der Waals surface area contributed by atoms with E-state index < -0.39 is 11.9 Å². The van der Waals surface area contributed by atoms with Gasteiger partial charge in [0.2, 0.25) is 0 Å². The Hall–Kier alpha value is -3.32. The van der Waals surface area contributed by atoms with E-state index in [1.165, 1.54) is 31.2 Å². The molecule has 3 aromatic rings. The number of aromatic amines is 1. The molecular weight excluding hydrogens is 366 g/mol. The lowest BCUT2D eigenvalue weighted by atomic mass is 10.0. The zero-order chi connectivity index (χ0) is 20.4. The molecule has 1 aliphatic carbocycles. The number of rotatable bonds is 6. The van der Waals surface area contributed by atoms with Crippen molar-refractivity contribution in [3.8, 4) is 11.1 Å². The van der Waals surface area contributed by atoms with Crippen LogP contribution < -0.4 is 22.1 Å². The number of amides is 3. The summed E-state index contributed by atoms with van der Waals surface area (Å²) in [5, 5.41) is 6.71. The zero-order valence-electron chi connectivity index (χ0n) is 16.1. The van der Waals surface area contributed by atoms with E-state index in [2.05, 4.69) is 39.9 Å². The van der Waals surface area contributed by atoms with Crippen molar-refractivity contribution in [2.75, 3.05) is 5.32 Å². The summed E-state index contributed by atoms with van der Waals surface area (Å²) in [6.45, 7) is 0.849. The lowest BCUT2D eigenvalue weighted by molar-refractivity contribution is 0.100. The van der Waals surface area contributed by atoms with Gasteiger partial charge in [-0.15, -0.1) is 0 Å². The van der Waals surface area contributed by atoms with Crippen molar-refractivity contribution in [3.63, 3.8) is 0 Å². The van der Waals surface area contributed by atoms with Gasteiger partial charge in [-0.25, -0.2) is 4.79 Å². The van der Waals surface area contributed by atoms with Crippen LogP contribution in [0.3, 0.4) is 0 Å². The minimum atomic E-state index is -0.762. The number of carbonyl (C=O) groups excluding carboxylic acids is 2. The monoisotopic (exact) mass is 391 g/mol. The lowest BCUT2D eigenvalue weighted by Crippen LogP contribution is -2.25. The summed E-state index contributed by atoms with van der Waals surface area (Å²) in [6, 6.07) is 14.0. The first kappa shape index (κ1) is 19.0. The summed E-state index contributed by atoms with van der Waals surface area (Å²) in [6.07, 6.45) is 5.14. The SMILES string of the molecule is NC(=O)Nc1[nH]c2cc(-c3cccc(CNC4CCCC4)c3)ccc2c1C(N)=O. The second kappa shape index (κ2) is 7.97. The van der Waals surface area contributed by atoms with Crippen LogP contribution in [0.4, 0.5) is 10.6 Å². The largest absolute Gasteiger partial charge is 0.365 e. The highest BCUT2D eigenvalue weighted by Crippen LogP contribution is 2.30. The summed E-state index contributed by atoms with van der Waals surface area (Å²) >= 11 is 0. The number of carbonyl (C=O) groups is 2. The van der Waals surface area contributed by atoms with Gasteiger partial charge in [-0.3, -0.25) is 10.1 Å². The van der Waals surface area contributed by atoms with Crippen molar-refractivity contribution in [3.05, 3.63) is 53.6 Å². The molecule has 0 bridgehead atoms. The van der Waals surface area contributed by atoms with E-state index in [0.29, 0.717) is 16.9 Å². The van der Waals surface area contributed by atoms with Crippen LogP contribution in [0, 0.1) is 0 Å². The quantitative estimate of drug-likeness (QED) is 0.442. The molecule has 150 valence electrons. The molecule has 29 heavy (non-hydrogen) atoms. The van der Waals surface area contributed by atoms with Gasteiger partial charge in [-0.1, -0.05) is 43.2 Å². The van der Waals surface area contributed by atoms with E-state index in [1.54, 1.807) is 0 Å². The molecule has 1 heterocycles. The molecule has 0 atom stereocenters. The van der Waals surface area contributed by atoms with Crippen LogP contribution in [0.15, 0.2) is 42.5 Å². The third-order valence-corrected chi connectivity index (χ3v) is 5.50. The first-order valence-electron chi connectivity index (χ1n) is 9.86. The molecule has 7 N–H and O–H groups in total. The van der Waals surface area contributed by atoms with Crippen molar-refractivity contribution >= 4 is 28.7 Å². The fourth-order valence-electron chi connectivity index (χ4n) is 4.10. The highest BCUT2D eigenvalue weighted by Gasteiger charge is 2.18. The number of nitrogens with two attached hydrogens (primary N) is 2. The Labute approximate surface area is 168 Å². The van der Waals surface area contributed by atoms with Crippen LogP contribution in [-0.2, 0) is 6.54 Å². The third-order valence-electron chi connectivity index (χ3n) is 5.50. The lowest BCUT2D eigenvalue weighted by Gasteiger charge is -2.12. The van der Waals surface area contributed by atoms with Crippen molar-refractivity contribution in [2.45, 2.75) is 38.3 Å². The fourth-order valence-corrected chi connectivity index (χ4v) is 4.10. The third kappa shape index (κ3) is 4.09. The van der Waals surface area contributed by atoms with Crippen LogP contribution in [0.1, 0.15) is 41.6 Å². The summed E-state index contributed by atoms with van der Waals surface area (Å²) in [5.41, 5.74) is 14.9. The number of benzene rings is 2. The number of urea groups is 1. The van der Waals surface area contributed by atoms with Crippen LogP contribution in [-0.4, -0.2) is 23.0 Å². The van der Waals surface area contributed by atoms with E-state index in [1.807, 2.05) is 18.2 Å². The Kier molecular flexibility index (Phi) is 5.22. The van der Waals surface area contributed by atoms with Gasteiger partial charge in [0, 0.05) is 23.5 Å². The minimum Gasteiger partial charge on any atom is -0.365 e. The molecule has 1 aromatic heterocycles. The van der Waals surface area contributed by atoms with Gasteiger partial charge in [0.1, 0.15) is 5.82 Å². The fraction of sp³-hybridized carbons (Fsp3) is 0.273. The Morgan fingerprint density at radius 3 is 2.52 bits per heavy atom. The molecule has 3 amide bonds. The molecule has 2 aromatic carbocycles. The minimum absolute atomic E-state index is 0.215. The normalized spacial score (nSPS) is 14.3. The van der Waals surface area contributed by atoms with E-state index >= 15 is 0 Å². The van der Waals surface area contributed by atoms with E-state index in [4.69, 9.17) is 11.5 Å². The van der Waals surface area contributed by atoms with E-state index in [0.717, 1.165) is 17.7 Å². The number of hydrogen-bond acceptors (Lipinski definition) is 3. The van der Waals surface area contributed by atoms with Gasteiger partial charge in [0.25, 0.3) is 5.91 Å². The summed E-state index contributed by atoms with van der Waals surface area (Å²) in [7, 11) is 0.